The first kappa shape index (κ1) is 9.65. The van der Waals surface area contributed by atoms with Crippen LogP contribution in [0.25, 0.3) is 0 Å². The van der Waals surface area contributed by atoms with Crippen molar-refractivity contribution in [3.05, 3.63) is 11.7 Å². The summed E-state index contributed by atoms with van der Waals surface area (Å²) in [5.41, 5.74) is -0.0265. The monoisotopic (exact) mass is 195 g/mol. The van der Waals surface area contributed by atoms with Crippen LogP contribution in [-0.4, -0.2) is 16.2 Å². The maximum atomic E-state index is 5.15. The highest BCUT2D eigenvalue weighted by Crippen LogP contribution is 2.20. The van der Waals surface area contributed by atoms with Crippen molar-refractivity contribution in [3.8, 4) is 0 Å². The molecule has 0 radical (unpaired) electrons. The highest BCUT2D eigenvalue weighted by Gasteiger charge is 2.23. The van der Waals surface area contributed by atoms with Crippen molar-refractivity contribution in [1.82, 2.24) is 15.5 Å². The first-order valence-electron chi connectivity index (χ1n) is 5.12. The molecule has 0 spiro atoms. The van der Waals surface area contributed by atoms with Gasteiger partial charge in [-0.05, 0) is 12.8 Å². The molecule has 0 atom stereocenters. The third kappa shape index (κ3) is 2.32. The van der Waals surface area contributed by atoms with Crippen LogP contribution in [0.3, 0.4) is 0 Å². The van der Waals surface area contributed by atoms with Crippen LogP contribution in [0.1, 0.15) is 45.3 Å². The van der Waals surface area contributed by atoms with E-state index in [2.05, 4.69) is 36.2 Å². The summed E-state index contributed by atoms with van der Waals surface area (Å²) in [6.45, 7) is 6.94. The van der Waals surface area contributed by atoms with Gasteiger partial charge in [-0.1, -0.05) is 25.9 Å². The maximum absolute atomic E-state index is 5.15. The summed E-state index contributed by atoms with van der Waals surface area (Å²) in [5.74, 6) is 1.48. The molecule has 0 aliphatic heterocycles. The minimum Gasteiger partial charge on any atom is -0.338 e. The molecule has 1 saturated carbocycles. The Labute approximate surface area is 84.1 Å². The third-order valence-electron chi connectivity index (χ3n) is 2.26. The molecular weight excluding hydrogens is 178 g/mol. The first-order chi connectivity index (χ1) is 6.55. The van der Waals surface area contributed by atoms with Crippen molar-refractivity contribution in [2.24, 2.45) is 0 Å². The van der Waals surface area contributed by atoms with Crippen LogP contribution in [-0.2, 0) is 12.0 Å². The fourth-order valence-electron chi connectivity index (χ4n) is 1.15. The lowest BCUT2D eigenvalue weighted by molar-refractivity contribution is 0.354. The van der Waals surface area contributed by atoms with Crippen molar-refractivity contribution in [2.45, 2.75) is 51.6 Å². The van der Waals surface area contributed by atoms with Gasteiger partial charge in [0.25, 0.3) is 0 Å². The molecule has 0 bridgehead atoms. The summed E-state index contributed by atoms with van der Waals surface area (Å²) < 4.78 is 5.15. The van der Waals surface area contributed by atoms with Crippen molar-refractivity contribution < 1.29 is 4.52 Å². The minimum atomic E-state index is -0.0265. The van der Waals surface area contributed by atoms with E-state index in [0.29, 0.717) is 18.5 Å². The Morgan fingerprint density at radius 2 is 2.14 bits per heavy atom. The standard InChI is InChI=1S/C10H17N3O/c1-10(2,3)9-12-8(14-13-9)6-11-7-4-5-7/h7,11H,4-6H2,1-3H3. The second kappa shape index (κ2) is 3.35. The number of hydrogen-bond acceptors (Lipinski definition) is 4. The molecule has 0 saturated heterocycles. The molecule has 4 heteroatoms. The lowest BCUT2D eigenvalue weighted by atomic mass is 9.96. The minimum absolute atomic E-state index is 0.0265. The summed E-state index contributed by atoms with van der Waals surface area (Å²) >= 11 is 0. The van der Waals surface area contributed by atoms with Gasteiger partial charge in [0.15, 0.2) is 5.82 Å². The third-order valence-corrected chi connectivity index (χ3v) is 2.26. The molecular formula is C10H17N3O. The fraction of sp³-hybridized carbons (Fsp3) is 0.800. The van der Waals surface area contributed by atoms with Crippen molar-refractivity contribution in [2.75, 3.05) is 0 Å². The lowest BCUT2D eigenvalue weighted by Crippen LogP contribution is -2.16. The summed E-state index contributed by atoms with van der Waals surface area (Å²) in [7, 11) is 0. The van der Waals surface area contributed by atoms with E-state index in [1.165, 1.54) is 12.8 Å². The summed E-state index contributed by atoms with van der Waals surface area (Å²) in [6.07, 6.45) is 2.56. The van der Waals surface area contributed by atoms with Crippen LogP contribution in [0, 0.1) is 0 Å². The molecule has 0 unspecified atom stereocenters. The lowest BCUT2D eigenvalue weighted by Gasteiger charge is -2.10. The first-order valence-corrected chi connectivity index (χ1v) is 5.12. The van der Waals surface area contributed by atoms with Gasteiger partial charge in [-0.25, -0.2) is 0 Å². The maximum Gasteiger partial charge on any atom is 0.240 e. The van der Waals surface area contributed by atoms with Gasteiger partial charge in [-0.3, -0.25) is 0 Å². The number of nitrogens with zero attached hydrogens (tertiary/aromatic N) is 2. The average Bonchev–Trinajstić information content (AvgIpc) is 2.77. The Bertz CT molecular complexity index is 309. The van der Waals surface area contributed by atoms with Crippen LogP contribution >= 0.6 is 0 Å². The molecule has 1 heterocycles. The Hall–Kier alpha value is -0.900. The predicted octanol–water partition coefficient (Wildman–Crippen LogP) is 1.62. The Balaban J connectivity index is 1.94. The molecule has 0 amide bonds. The van der Waals surface area contributed by atoms with E-state index in [0.717, 1.165) is 5.82 Å². The van der Waals surface area contributed by atoms with Crippen LogP contribution in [0.15, 0.2) is 4.52 Å². The van der Waals surface area contributed by atoms with E-state index in [1.54, 1.807) is 0 Å². The van der Waals surface area contributed by atoms with Crippen LogP contribution in [0.4, 0.5) is 0 Å². The number of aromatic nitrogens is 2. The largest absolute Gasteiger partial charge is 0.338 e. The van der Waals surface area contributed by atoms with Crippen LogP contribution < -0.4 is 5.32 Å². The van der Waals surface area contributed by atoms with Crippen molar-refractivity contribution >= 4 is 0 Å². The zero-order chi connectivity index (χ0) is 10.2. The number of rotatable bonds is 3. The molecule has 1 N–H and O–H groups in total. The van der Waals surface area contributed by atoms with Gasteiger partial charge < -0.3 is 9.84 Å². The van der Waals surface area contributed by atoms with E-state index in [9.17, 15) is 0 Å². The fourth-order valence-corrected chi connectivity index (χ4v) is 1.15. The zero-order valence-electron chi connectivity index (χ0n) is 9.00. The van der Waals surface area contributed by atoms with Gasteiger partial charge >= 0.3 is 0 Å². The summed E-state index contributed by atoms with van der Waals surface area (Å²) in [4.78, 5) is 4.34. The van der Waals surface area contributed by atoms with Crippen LogP contribution in [0.5, 0.6) is 0 Å². The molecule has 0 aromatic carbocycles. The van der Waals surface area contributed by atoms with Gasteiger partial charge in [-0.2, -0.15) is 4.98 Å². The molecule has 1 aliphatic rings. The molecule has 1 aromatic rings. The van der Waals surface area contributed by atoms with E-state index in [4.69, 9.17) is 4.52 Å². The second-order valence-corrected chi connectivity index (χ2v) is 4.92. The molecule has 1 fully saturated rings. The van der Waals surface area contributed by atoms with Crippen molar-refractivity contribution in [1.29, 1.82) is 0 Å². The number of nitrogens with one attached hydrogen (secondary N) is 1. The molecule has 14 heavy (non-hydrogen) atoms. The second-order valence-electron chi connectivity index (χ2n) is 4.92. The topological polar surface area (TPSA) is 51.0 Å². The van der Waals surface area contributed by atoms with Crippen LogP contribution in [0.2, 0.25) is 0 Å². The van der Waals surface area contributed by atoms with Gasteiger partial charge in [-0.15, -0.1) is 0 Å². The highest BCUT2D eigenvalue weighted by atomic mass is 16.5. The van der Waals surface area contributed by atoms with E-state index < -0.39 is 0 Å². The molecule has 1 aliphatic carbocycles. The summed E-state index contributed by atoms with van der Waals surface area (Å²) in [6, 6.07) is 0.681. The zero-order valence-corrected chi connectivity index (χ0v) is 9.00. The Morgan fingerprint density at radius 1 is 1.43 bits per heavy atom. The SMILES string of the molecule is CC(C)(C)c1noc(CNC2CC2)n1. The molecule has 4 nitrogen and oxygen atoms in total. The van der Waals surface area contributed by atoms with Gasteiger partial charge in [0.2, 0.25) is 5.89 Å². The normalized spacial score (nSPS) is 17.4. The quantitative estimate of drug-likeness (QED) is 0.796. The Kier molecular flexibility index (Phi) is 2.31. The smallest absolute Gasteiger partial charge is 0.240 e. The van der Waals surface area contributed by atoms with E-state index >= 15 is 0 Å². The van der Waals surface area contributed by atoms with Gasteiger partial charge in [0, 0.05) is 11.5 Å². The molecule has 2 rings (SSSR count). The summed E-state index contributed by atoms with van der Waals surface area (Å²) in [5, 5.41) is 7.30. The van der Waals surface area contributed by atoms with Gasteiger partial charge in [0.05, 0.1) is 6.54 Å². The molecule has 78 valence electrons. The van der Waals surface area contributed by atoms with E-state index in [-0.39, 0.29) is 5.41 Å². The predicted molar refractivity (Wildman–Crippen MR) is 52.9 cm³/mol. The van der Waals surface area contributed by atoms with Crippen molar-refractivity contribution in [3.63, 3.8) is 0 Å². The average molecular weight is 195 g/mol. The number of hydrogen-bond donors (Lipinski definition) is 1. The van der Waals surface area contributed by atoms with Gasteiger partial charge in [0.1, 0.15) is 0 Å². The molecule has 1 aromatic heterocycles. The van der Waals surface area contributed by atoms with E-state index in [1.807, 2.05) is 0 Å². The highest BCUT2D eigenvalue weighted by molar-refractivity contribution is 5.00. The Morgan fingerprint density at radius 3 is 2.64 bits per heavy atom.